The van der Waals surface area contributed by atoms with Crippen LogP contribution in [0, 0.1) is 0 Å². The molecule has 0 aliphatic carbocycles. The van der Waals surface area contributed by atoms with Gasteiger partial charge in [-0.1, -0.05) is 6.42 Å². The van der Waals surface area contributed by atoms with E-state index in [4.69, 9.17) is 4.74 Å². The Labute approximate surface area is 95.0 Å². The largest absolute Gasteiger partial charge is 0.465 e. The summed E-state index contributed by atoms with van der Waals surface area (Å²) >= 11 is 0. The van der Waals surface area contributed by atoms with Crippen LogP contribution in [0.1, 0.15) is 41.4 Å². The zero-order valence-electron chi connectivity index (χ0n) is 9.40. The molecule has 0 aromatic carbocycles. The molecule has 1 aromatic heterocycles. The van der Waals surface area contributed by atoms with Crippen LogP contribution in [0.2, 0.25) is 0 Å². The first kappa shape index (κ1) is 11.1. The first-order valence-electron chi connectivity index (χ1n) is 5.59. The average Bonchev–Trinajstić information content (AvgIpc) is 2.39. The highest BCUT2D eigenvalue weighted by molar-refractivity contribution is 5.90. The van der Waals surface area contributed by atoms with Crippen LogP contribution in [0.4, 0.5) is 0 Å². The number of carbonyl (C=O) groups excluding carboxylic acids is 1. The van der Waals surface area contributed by atoms with Crippen LogP contribution < -0.4 is 5.32 Å². The van der Waals surface area contributed by atoms with Crippen LogP contribution in [0.5, 0.6) is 0 Å². The Kier molecular flexibility index (Phi) is 3.51. The van der Waals surface area contributed by atoms with Gasteiger partial charge in [0.25, 0.3) is 0 Å². The Balaban J connectivity index is 2.28. The zero-order valence-corrected chi connectivity index (χ0v) is 9.40. The lowest BCUT2D eigenvalue weighted by Gasteiger charge is -2.24. The first-order valence-corrected chi connectivity index (χ1v) is 5.59. The van der Waals surface area contributed by atoms with Gasteiger partial charge in [-0.05, 0) is 31.5 Å². The van der Waals surface area contributed by atoms with Crippen molar-refractivity contribution in [3.63, 3.8) is 0 Å². The van der Waals surface area contributed by atoms with Crippen LogP contribution in [0.15, 0.2) is 18.3 Å². The molecule has 0 spiro atoms. The molecule has 1 fully saturated rings. The lowest BCUT2D eigenvalue weighted by molar-refractivity contribution is 0.0597. The number of pyridine rings is 1. The molecule has 1 aliphatic rings. The second kappa shape index (κ2) is 5.07. The molecule has 1 unspecified atom stereocenters. The molecule has 0 saturated carbocycles. The summed E-state index contributed by atoms with van der Waals surface area (Å²) in [4.78, 5) is 15.9. The van der Waals surface area contributed by atoms with Gasteiger partial charge in [-0.3, -0.25) is 4.98 Å². The normalized spacial score (nSPS) is 20.4. The van der Waals surface area contributed by atoms with Gasteiger partial charge in [0.15, 0.2) is 0 Å². The van der Waals surface area contributed by atoms with Crippen LogP contribution in [0.3, 0.4) is 0 Å². The van der Waals surface area contributed by atoms with Crippen LogP contribution >= 0.6 is 0 Å². The van der Waals surface area contributed by atoms with E-state index in [1.807, 2.05) is 0 Å². The van der Waals surface area contributed by atoms with Crippen LogP contribution in [-0.4, -0.2) is 24.6 Å². The van der Waals surface area contributed by atoms with Gasteiger partial charge < -0.3 is 10.1 Å². The van der Waals surface area contributed by atoms with Crippen molar-refractivity contribution in [3.05, 3.63) is 29.6 Å². The minimum Gasteiger partial charge on any atom is -0.465 e. The molecular formula is C12H16N2O2. The number of ether oxygens (including phenoxy) is 1. The monoisotopic (exact) mass is 220 g/mol. The Morgan fingerprint density at radius 2 is 2.44 bits per heavy atom. The van der Waals surface area contributed by atoms with Crippen molar-refractivity contribution in [1.82, 2.24) is 10.3 Å². The second-order valence-corrected chi connectivity index (χ2v) is 3.93. The van der Waals surface area contributed by atoms with Crippen molar-refractivity contribution in [2.45, 2.75) is 25.3 Å². The molecule has 1 N–H and O–H groups in total. The molecule has 2 rings (SSSR count). The highest BCUT2D eigenvalue weighted by atomic mass is 16.5. The van der Waals surface area contributed by atoms with Gasteiger partial charge in [0.1, 0.15) is 0 Å². The fraction of sp³-hybridized carbons (Fsp3) is 0.500. The second-order valence-electron chi connectivity index (χ2n) is 3.93. The average molecular weight is 220 g/mol. The van der Waals surface area contributed by atoms with Gasteiger partial charge in [-0.2, -0.15) is 0 Å². The van der Waals surface area contributed by atoms with E-state index in [1.165, 1.54) is 20.0 Å². The minimum atomic E-state index is -0.310. The molecule has 4 nitrogen and oxygen atoms in total. The van der Waals surface area contributed by atoms with E-state index >= 15 is 0 Å². The first-order chi connectivity index (χ1) is 7.83. The molecule has 16 heavy (non-hydrogen) atoms. The maximum Gasteiger partial charge on any atom is 0.339 e. The summed E-state index contributed by atoms with van der Waals surface area (Å²) in [7, 11) is 1.40. The number of nitrogens with zero attached hydrogens (tertiary/aromatic N) is 1. The van der Waals surface area contributed by atoms with Gasteiger partial charge in [0.05, 0.1) is 24.4 Å². The number of esters is 1. The smallest absolute Gasteiger partial charge is 0.339 e. The zero-order chi connectivity index (χ0) is 11.4. The molecule has 2 heterocycles. The van der Waals surface area contributed by atoms with Gasteiger partial charge >= 0.3 is 5.97 Å². The van der Waals surface area contributed by atoms with Crippen molar-refractivity contribution < 1.29 is 9.53 Å². The summed E-state index contributed by atoms with van der Waals surface area (Å²) in [5.74, 6) is -0.310. The van der Waals surface area contributed by atoms with Crippen molar-refractivity contribution in [2.75, 3.05) is 13.7 Å². The molecule has 0 bridgehead atoms. The topological polar surface area (TPSA) is 51.2 Å². The fourth-order valence-electron chi connectivity index (χ4n) is 2.06. The molecule has 4 heteroatoms. The Morgan fingerprint density at radius 3 is 3.12 bits per heavy atom. The third-order valence-corrected chi connectivity index (χ3v) is 2.88. The number of hydrogen-bond acceptors (Lipinski definition) is 4. The lowest BCUT2D eigenvalue weighted by Crippen LogP contribution is -2.29. The number of methoxy groups -OCH3 is 1. The van der Waals surface area contributed by atoms with E-state index in [-0.39, 0.29) is 12.0 Å². The maximum atomic E-state index is 11.6. The number of carbonyl (C=O) groups is 1. The van der Waals surface area contributed by atoms with E-state index in [2.05, 4.69) is 10.3 Å². The summed E-state index contributed by atoms with van der Waals surface area (Å²) in [6.07, 6.45) is 5.12. The third kappa shape index (κ3) is 2.22. The molecule has 1 atom stereocenters. The van der Waals surface area contributed by atoms with E-state index in [9.17, 15) is 4.79 Å². The number of hydrogen-bond donors (Lipinski definition) is 1. The molecule has 0 radical (unpaired) electrons. The molecule has 1 aromatic rings. The summed E-state index contributed by atoms with van der Waals surface area (Å²) in [6.45, 7) is 0.988. The third-order valence-electron chi connectivity index (χ3n) is 2.88. The van der Waals surface area contributed by atoms with Crippen LogP contribution in [0.25, 0.3) is 0 Å². The summed E-state index contributed by atoms with van der Waals surface area (Å²) in [6, 6.07) is 3.72. The highest BCUT2D eigenvalue weighted by Gasteiger charge is 2.22. The van der Waals surface area contributed by atoms with Gasteiger partial charge in [0, 0.05) is 6.20 Å². The Morgan fingerprint density at radius 1 is 1.56 bits per heavy atom. The molecule has 86 valence electrons. The molecule has 0 amide bonds. The SMILES string of the molecule is COC(=O)c1cccnc1C1CCCCN1. The Hall–Kier alpha value is -1.42. The predicted molar refractivity (Wildman–Crippen MR) is 60.2 cm³/mol. The van der Waals surface area contributed by atoms with Crippen molar-refractivity contribution in [3.8, 4) is 0 Å². The van der Waals surface area contributed by atoms with Crippen molar-refractivity contribution in [2.24, 2.45) is 0 Å². The van der Waals surface area contributed by atoms with E-state index < -0.39 is 0 Å². The maximum absolute atomic E-state index is 11.6. The van der Waals surface area contributed by atoms with E-state index in [0.717, 1.165) is 18.7 Å². The summed E-state index contributed by atoms with van der Waals surface area (Å²) < 4.78 is 4.76. The number of rotatable bonds is 2. The van der Waals surface area contributed by atoms with Crippen molar-refractivity contribution >= 4 is 5.97 Å². The van der Waals surface area contributed by atoms with Gasteiger partial charge in [-0.25, -0.2) is 4.79 Å². The Bertz CT molecular complexity index is 373. The standard InChI is InChI=1S/C12H16N2O2/c1-16-12(15)9-5-4-8-14-11(9)10-6-2-3-7-13-10/h4-5,8,10,13H,2-3,6-7H2,1H3. The van der Waals surface area contributed by atoms with Crippen molar-refractivity contribution in [1.29, 1.82) is 0 Å². The molecule has 1 saturated heterocycles. The molecule has 1 aliphatic heterocycles. The number of piperidine rings is 1. The number of aromatic nitrogens is 1. The summed E-state index contributed by atoms with van der Waals surface area (Å²) in [5.41, 5.74) is 1.39. The van der Waals surface area contributed by atoms with E-state index in [1.54, 1.807) is 18.3 Å². The molecular weight excluding hydrogens is 204 g/mol. The van der Waals surface area contributed by atoms with Crippen LogP contribution in [-0.2, 0) is 4.74 Å². The predicted octanol–water partition coefficient (Wildman–Crippen LogP) is 1.68. The minimum absolute atomic E-state index is 0.184. The van der Waals surface area contributed by atoms with E-state index in [0.29, 0.717) is 5.56 Å². The fourth-order valence-corrected chi connectivity index (χ4v) is 2.06. The summed E-state index contributed by atoms with van der Waals surface area (Å²) in [5, 5.41) is 3.38. The quantitative estimate of drug-likeness (QED) is 0.770. The number of nitrogens with one attached hydrogen (secondary N) is 1. The lowest BCUT2D eigenvalue weighted by atomic mass is 9.98. The van der Waals surface area contributed by atoms with Gasteiger partial charge in [-0.15, -0.1) is 0 Å². The van der Waals surface area contributed by atoms with Gasteiger partial charge in [0.2, 0.25) is 0 Å². The highest BCUT2D eigenvalue weighted by Crippen LogP contribution is 2.24.